The molecule has 2 aliphatic rings. The van der Waals surface area contributed by atoms with Crippen molar-refractivity contribution in [2.45, 2.75) is 32.2 Å². The summed E-state index contributed by atoms with van der Waals surface area (Å²) in [5.74, 6) is 2.36. The number of ether oxygens (including phenoxy) is 1. The van der Waals surface area contributed by atoms with Gasteiger partial charge in [-0.1, -0.05) is 13.8 Å². The van der Waals surface area contributed by atoms with Crippen LogP contribution in [0, 0.1) is 6.92 Å². The summed E-state index contributed by atoms with van der Waals surface area (Å²) in [7, 11) is 0. The van der Waals surface area contributed by atoms with Crippen LogP contribution in [0.4, 0.5) is 5.82 Å². The van der Waals surface area contributed by atoms with Crippen LogP contribution in [-0.4, -0.2) is 48.4 Å². The van der Waals surface area contributed by atoms with Crippen LogP contribution in [0.3, 0.4) is 0 Å². The van der Waals surface area contributed by atoms with Gasteiger partial charge in [0.25, 0.3) is 0 Å². The van der Waals surface area contributed by atoms with Crippen molar-refractivity contribution in [1.29, 1.82) is 0 Å². The molecule has 5 heteroatoms. The Kier molecular flexibility index (Phi) is 3.19. The van der Waals surface area contributed by atoms with Gasteiger partial charge in [0.05, 0.1) is 18.8 Å². The molecule has 5 nitrogen and oxygen atoms in total. The predicted molar refractivity (Wildman–Crippen MR) is 74.6 cm³/mol. The molecule has 0 aromatic carbocycles. The maximum absolute atomic E-state index is 5.36. The summed E-state index contributed by atoms with van der Waals surface area (Å²) in [6.45, 7) is 10.9. The zero-order chi connectivity index (χ0) is 13.5. The Balaban J connectivity index is 1.84. The summed E-state index contributed by atoms with van der Waals surface area (Å²) in [6, 6.07) is 2.09. The first kappa shape index (κ1) is 12.8. The minimum absolute atomic E-state index is 0.148. The third kappa shape index (κ3) is 2.44. The molecule has 0 saturated carbocycles. The van der Waals surface area contributed by atoms with Crippen LogP contribution in [0.5, 0.6) is 0 Å². The largest absolute Gasteiger partial charge is 0.377 e. The summed E-state index contributed by atoms with van der Waals surface area (Å²) >= 11 is 0. The summed E-state index contributed by atoms with van der Waals surface area (Å²) in [4.78, 5) is 11.6. The number of hydrogen-bond acceptors (Lipinski definition) is 5. The maximum atomic E-state index is 5.36. The molecule has 0 amide bonds. The fraction of sp³-hybridized carbons (Fsp3) is 0.714. The van der Waals surface area contributed by atoms with Crippen LogP contribution >= 0.6 is 0 Å². The smallest absolute Gasteiger partial charge is 0.133 e. The Hall–Kier alpha value is -1.20. The van der Waals surface area contributed by atoms with E-state index in [0.29, 0.717) is 5.92 Å². The van der Waals surface area contributed by atoms with E-state index >= 15 is 0 Å². The number of rotatable bonds is 2. The van der Waals surface area contributed by atoms with E-state index in [-0.39, 0.29) is 5.54 Å². The quantitative estimate of drug-likeness (QED) is 0.864. The molecule has 3 heterocycles. The minimum Gasteiger partial charge on any atom is -0.377 e. The van der Waals surface area contributed by atoms with Crippen molar-refractivity contribution in [3.05, 3.63) is 17.6 Å². The van der Waals surface area contributed by atoms with Gasteiger partial charge in [0.15, 0.2) is 0 Å². The van der Waals surface area contributed by atoms with E-state index < -0.39 is 0 Å². The zero-order valence-corrected chi connectivity index (χ0v) is 11.9. The molecule has 0 bridgehead atoms. The Morgan fingerprint density at radius 2 is 2.16 bits per heavy atom. The lowest BCUT2D eigenvalue weighted by molar-refractivity contribution is -0.0743. The molecule has 0 atom stereocenters. The summed E-state index contributed by atoms with van der Waals surface area (Å²) in [5.41, 5.74) is 1.20. The molecule has 3 rings (SSSR count). The zero-order valence-electron chi connectivity index (χ0n) is 11.9. The van der Waals surface area contributed by atoms with Crippen molar-refractivity contribution < 1.29 is 4.74 Å². The van der Waals surface area contributed by atoms with Gasteiger partial charge in [-0.25, -0.2) is 9.97 Å². The van der Waals surface area contributed by atoms with Crippen LogP contribution in [0.15, 0.2) is 6.07 Å². The Labute approximate surface area is 114 Å². The summed E-state index contributed by atoms with van der Waals surface area (Å²) < 4.78 is 5.36. The normalized spacial score (nSPS) is 21.8. The first-order chi connectivity index (χ1) is 9.08. The van der Waals surface area contributed by atoms with E-state index in [9.17, 15) is 0 Å². The molecule has 2 saturated heterocycles. The molecule has 0 aliphatic carbocycles. The molecule has 0 radical (unpaired) electrons. The number of anilines is 1. The monoisotopic (exact) mass is 262 g/mol. The van der Waals surface area contributed by atoms with Crippen molar-refractivity contribution in [3.8, 4) is 0 Å². The highest BCUT2D eigenvalue weighted by atomic mass is 16.5. The Bertz CT molecular complexity index is 471. The van der Waals surface area contributed by atoms with Gasteiger partial charge in [-0.05, 0) is 6.92 Å². The maximum Gasteiger partial charge on any atom is 0.133 e. The topological polar surface area (TPSA) is 50.3 Å². The van der Waals surface area contributed by atoms with Gasteiger partial charge < -0.3 is 15.0 Å². The van der Waals surface area contributed by atoms with Gasteiger partial charge in [-0.3, -0.25) is 0 Å². The SMILES string of the molecule is Cc1cc(N2CCNC3(COC3)C2)nc(C(C)C)n1. The molecule has 1 N–H and O–H groups in total. The van der Waals surface area contributed by atoms with Crippen LogP contribution in [-0.2, 0) is 4.74 Å². The van der Waals surface area contributed by atoms with Crippen LogP contribution in [0.2, 0.25) is 0 Å². The van der Waals surface area contributed by atoms with Crippen LogP contribution in [0.1, 0.15) is 31.3 Å². The molecule has 19 heavy (non-hydrogen) atoms. The molecule has 1 spiro atoms. The number of nitrogens with one attached hydrogen (secondary N) is 1. The second-order valence-corrected chi connectivity index (χ2v) is 6.00. The lowest BCUT2D eigenvalue weighted by Gasteiger charge is -2.49. The highest BCUT2D eigenvalue weighted by Gasteiger charge is 2.42. The number of aromatic nitrogens is 2. The van der Waals surface area contributed by atoms with Gasteiger partial charge in [0.1, 0.15) is 11.6 Å². The molecule has 1 aromatic heterocycles. The summed E-state index contributed by atoms with van der Waals surface area (Å²) in [6.07, 6.45) is 0. The predicted octanol–water partition coefficient (Wildman–Crippen LogP) is 1.09. The Morgan fingerprint density at radius 3 is 2.79 bits per heavy atom. The average molecular weight is 262 g/mol. The molecule has 2 aliphatic heterocycles. The number of piperazine rings is 1. The second-order valence-electron chi connectivity index (χ2n) is 6.00. The highest BCUT2D eigenvalue weighted by Crippen LogP contribution is 2.25. The van der Waals surface area contributed by atoms with E-state index in [1.807, 2.05) is 6.92 Å². The molecule has 1 aromatic rings. The van der Waals surface area contributed by atoms with Gasteiger partial charge in [0.2, 0.25) is 0 Å². The van der Waals surface area contributed by atoms with Crippen molar-refractivity contribution in [2.24, 2.45) is 0 Å². The summed E-state index contributed by atoms with van der Waals surface area (Å²) in [5, 5.41) is 3.57. The average Bonchev–Trinajstić information content (AvgIpc) is 2.36. The lowest BCUT2D eigenvalue weighted by atomic mass is 9.94. The van der Waals surface area contributed by atoms with E-state index in [2.05, 4.69) is 35.1 Å². The number of hydrogen-bond donors (Lipinski definition) is 1. The van der Waals surface area contributed by atoms with Crippen molar-refractivity contribution >= 4 is 5.82 Å². The fourth-order valence-corrected chi connectivity index (χ4v) is 2.69. The molecular formula is C14H22N4O. The second kappa shape index (κ2) is 4.72. The third-order valence-electron chi connectivity index (χ3n) is 3.83. The standard InChI is InChI=1S/C14H22N4O/c1-10(2)13-16-11(3)6-12(17-13)18-5-4-15-14(7-18)8-19-9-14/h6,10,15H,4-5,7-9H2,1-3H3. The molecular weight excluding hydrogens is 240 g/mol. The van der Waals surface area contributed by atoms with E-state index in [4.69, 9.17) is 9.72 Å². The van der Waals surface area contributed by atoms with E-state index in [1.165, 1.54) is 0 Å². The number of aryl methyl sites for hydroxylation is 1. The molecule has 0 unspecified atom stereocenters. The van der Waals surface area contributed by atoms with Crippen LogP contribution < -0.4 is 10.2 Å². The van der Waals surface area contributed by atoms with Gasteiger partial charge in [-0.2, -0.15) is 0 Å². The third-order valence-corrected chi connectivity index (χ3v) is 3.83. The van der Waals surface area contributed by atoms with Crippen molar-refractivity contribution in [1.82, 2.24) is 15.3 Å². The van der Waals surface area contributed by atoms with Crippen molar-refractivity contribution in [3.63, 3.8) is 0 Å². The van der Waals surface area contributed by atoms with Crippen LogP contribution in [0.25, 0.3) is 0 Å². The van der Waals surface area contributed by atoms with E-state index in [1.54, 1.807) is 0 Å². The van der Waals surface area contributed by atoms with Gasteiger partial charge >= 0.3 is 0 Å². The fourth-order valence-electron chi connectivity index (χ4n) is 2.69. The number of nitrogens with zero attached hydrogens (tertiary/aromatic N) is 3. The first-order valence-electron chi connectivity index (χ1n) is 7.01. The molecule has 104 valence electrons. The van der Waals surface area contributed by atoms with E-state index in [0.717, 1.165) is 50.2 Å². The molecule has 2 fully saturated rings. The lowest BCUT2D eigenvalue weighted by Crippen LogP contribution is -2.70. The van der Waals surface area contributed by atoms with Gasteiger partial charge in [-0.15, -0.1) is 0 Å². The van der Waals surface area contributed by atoms with Crippen molar-refractivity contribution in [2.75, 3.05) is 37.7 Å². The first-order valence-corrected chi connectivity index (χ1v) is 7.01. The Morgan fingerprint density at radius 1 is 1.37 bits per heavy atom. The minimum atomic E-state index is 0.148. The highest BCUT2D eigenvalue weighted by molar-refractivity contribution is 5.42. The van der Waals surface area contributed by atoms with Gasteiger partial charge in [0, 0.05) is 37.3 Å².